The zero-order valence-corrected chi connectivity index (χ0v) is 10.7. The van der Waals surface area contributed by atoms with Crippen LogP contribution in [0, 0.1) is 0 Å². The van der Waals surface area contributed by atoms with Crippen LogP contribution in [0.25, 0.3) is 11.3 Å². The van der Waals surface area contributed by atoms with Crippen LogP contribution in [0.1, 0.15) is 22.8 Å². The Hall–Kier alpha value is -2.50. The van der Waals surface area contributed by atoms with Gasteiger partial charge in [-0.05, 0) is 24.1 Å². The van der Waals surface area contributed by atoms with Crippen LogP contribution < -0.4 is 10.5 Å². The average Bonchev–Trinajstić information content (AvgIpc) is 2.79. The number of rotatable bonds is 4. The van der Waals surface area contributed by atoms with Gasteiger partial charge < -0.3 is 15.6 Å². The van der Waals surface area contributed by atoms with Gasteiger partial charge in [0.1, 0.15) is 11.3 Å². The molecule has 100 valence electrons. The average molecular weight is 261 g/mol. The van der Waals surface area contributed by atoms with Gasteiger partial charge in [-0.1, -0.05) is 13.0 Å². The lowest BCUT2D eigenvalue weighted by Gasteiger charge is -2.09. The molecule has 6 nitrogen and oxygen atoms in total. The molecule has 0 spiro atoms. The summed E-state index contributed by atoms with van der Waals surface area (Å²) in [6.45, 7) is 2.02. The molecule has 2 rings (SSSR count). The van der Waals surface area contributed by atoms with Crippen molar-refractivity contribution < 1.29 is 14.6 Å². The second-order valence-corrected chi connectivity index (χ2v) is 4.05. The number of nitrogens with one attached hydrogen (secondary N) is 1. The Morgan fingerprint density at radius 2 is 2.26 bits per heavy atom. The van der Waals surface area contributed by atoms with E-state index in [9.17, 15) is 9.90 Å². The van der Waals surface area contributed by atoms with Crippen molar-refractivity contribution in [2.45, 2.75) is 13.3 Å². The van der Waals surface area contributed by atoms with E-state index in [0.717, 1.165) is 12.0 Å². The predicted octanol–water partition coefficient (Wildman–Crippen LogP) is 1.93. The fraction of sp³-hybridized carbons (Fsp3) is 0.231. The first-order valence-electron chi connectivity index (χ1n) is 5.82. The summed E-state index contributed by atoms with van der Waals surface area (Å²) in [5.41, 5.74) is 7.61. The van der Waals surface area contributed by atoms with Crippen LogP contribution in [0.2, 0.25) is 0 Å². The summed E-state index contributed by atoms with van der Waals surface area (Å²) in [6.07, 6.45) is 0.836. The number of H-pyrrole nitrogens is 1. The Balaban J connectivity index is 2.67. The molecular formula is C13H15N3O3. The number of nitrogens with two attached hydrogens (primary N) is 1. The van der Waals surface area contributed by atoms with Crippen LogP contribution in [0.15, 0.2) is 18.2 Å². The van der Waals surface area contributed by atoms with Gasteiger partial charge in [0, 0.05) is 5.56 Å². The lowest BCUT2D eigenvalue weighted by molar-refractivity contribution is 0.0699. The Morgan fingerprint density at radius 3 is 2.84 bits per heavy atom. The Labute approximate surface area is 110 Å². The summed E-state index contributed by atoms with van der Waals surface area (Å²) in [5, 5.41) is 15.6. The molecule has 0 amide bonds. The maximum atomic E-state index is 11.3. The summed E-state index contributed by atoms with van der Waals surface area (Å²) in [5.74, 6) is -0.583. The molecule has 0 fully saturated rings. The first kappa shape index (κ1) is 12.9. The number of carboxylic acids is 1. The number of aromatic nitrogens is 2. The standard InChI is InChI=1S/C13H15N3O3/c1-3-7-4-5-9(19-2)8(6-7)11-10(13(17)18)12(14)16-15-11/h4-6H,3H2,1-2H3,(H,17,18)(H3,14,15,16). The summed E-state index contributed by atoms with van der Waals surface area (Å²) in [7, 11) is 1.53. The molecule has 0 aliphatic rings. The van der Waals surface area contributed by atoms with Crippen molar-refractivity contribution >= 4 is 11.8 Å². The van der Waals surface area contributed by atoms with E-state index in [2.05, 4.69) is 10.2 Å². The van der Waals surface area contributed by atoms with Crippen LogP contribution in [-0.2, 0) is 6.42 Å². The maximum absolute atomic E-state index is 11.3. The normalized spacial score (nSPS) is 10.4. The molecule has 1 aromatic carbocycles. The summed E-state index contributed by atoms with van der Waals surface area (Å²) >= 11 is 0. The molecule has 1 heterocycles. The van der Waals surface area contributed by atoms with Crippen molar-refractivity contribution in [1.82, 2.24) is 10.2 Å². The third kappa shape index (κ3) is 2.24. The summed E-state index contributed by atoms with van der Waals surface area (Å²) in [6, 6.07) is 5.61. The van der Waals surface area contributed by atoms with E-state index in [0.29, 0.717) is 17.0 Å². The van der Waals surface area contributed by atoms with Crippen LogP contribution in [0.4, 0.5) is 5.82 Å². The van der Waals surface area contributed by atoms with E-state index >= 15 is 0 Å². The highest BCUT2D eigenvalue weighted by atomic mass is 16.5. The number of aromatic carboxylic acids is 1. The van der Waals surface area contributed by atoms with E-state index in [-0.39, 0.29) is 11.4 Å². The van der Waals surface area contributed by atoms with E-state index in [4.69, 9.17) is 10.5 Å². The summed E-state index contributed by atoms with van der Waals surface area (Å²) < 4.78 is 5.26. The van der Waals surface area contributed by atoms with E-state index in [1.807, 2.05) is 19.1 Å². The lowest BCUT2D eigenvalue weighted by Crippen LogP contribution is -2.02. The quantitative estimate of drug-likeness (QED) is 0.780. The van der Waals surface area contributed by atoms with Gasteiger partial charge in [-0.3, -0.25) is 5.10 Å². The van der Waals surface area contributed by atoms with Gasteiger partial charge in [0.15, 0.2) is 5.82 Å². The minimum atomic E-state index is -1.12. The second-order valence-electron chi connectivity index (χ2n) is 4.05. The number of ether oxygens (including phenoxy) is 1. The van der Waals surface area contributed by atoms with Crippen molar-refractivity contribution in [3.05, 3.63) is 29.3 Å². The molecule has 1 aromatic heterocycles. The number of carbonyl (C=O) groups is 1. The zero-order valence-electron chi connectivity index (χ0n) is 10.7. The highest BCUT2D eigenvalue weighted by Gasteiger charge is 2.21. The number of benzene rings is 1. The summed E-state index contributed by atoms with van der Waals surface area (Å²) in [4.78, 5) is 11.3. The fourth-order valence-electron chi connectivity index (χ4n) is 1.94. The molecule has 0 unspecified atom stereocenters. The van der Waals surface area contributed by atoms with Crippen molar-refractivity contribution in [2.24, 2.45) is 0 Å². The van der Waals surface area contributed by atoms with Crippen molar-refractivity contribution in [2.75, 3.05) is 12.8 Å². The van der Waals surface area contributed by atoms with Crippen molar-refractivity contribution in [3.63, 3.8) is 0 Å². The third-order valence-electron chi connectivity index (χ3n) is 2.95. The van der Waals surface area contributed by atoms with Crippen LogP contribution in [0.5, 0.6) is 5.75 Å². The number of methoxy groups -OCH3 is 1. The molecular weight excluding hydrogens is 246 g/mol. The molecule has 4 N–H and O–H groups in total. The molecule has 0 saturated carbocycles. The number of nitrogen functional groups attached to an aromatic ring is 1. The SMILES string of the molecule is CCc1ccc(OC)c(-c2[nH]nc(N)c2C(=O)O)c1. The minimum Gasteiger partial charge on any atom is -0.496 e. The molecule has 6 heteroatoms. The van der Waals surface area contributed by atoms with Gasteiger partial charge >= 0.3 is 5.97 Å². The van der Waals surface area contributed by atoms with Crippen LogP contribution in [-0.4, -0.2) is 28.4 Å². The van der Waals surface area contributed by atoms with Gasteiger partial charge in [-0.2, -0.15) is 5.10 Å². The maximum Gasteiger partial charge on any atom is 0.341 e. The van der Waals surface area contributed by atoms with Crippen LogP contribution in [0.3, 0.4) is 0 Å². The molecule has 0 bridgehead atoms. The third-order valence-corrected chi connectivity index (χ3v) is 2.95. The number of nitrogens with zero attached hydrogens (tertiary/aromatic N) is 1. The van der Waals surface area contributed by atoms with Gasteiger partial charge in [-0.15, -0.1) is 0 Å². The first-order chi connectivity index (χ1) is 9.08. The van der Waals surface area contributed by atoms with Gasteiger partial charge in [-0.25, -0.2) is 4.79 Å². The molecule has 0 atom stereocenters. The van der Waals surface area contributed by atoms with Crippen molar-refractivity contribution in [1.29, 1.82) is 0 Å². The zero-order chi connectivity index (χ0) is 14.0. The second kappa shape index (κ2) is 5.01. The largest absolute Gasteiger partial charge is 0.496 e. The highest BCUT2D eigenvalue weighted by molar-refractivity contribution is 6.00. The molecule has 19 heavy (non-hydrogen) atoms. The number of anilines is 1. The highest BCUT2D eigenvalue weighted by Crippen LogP contribution is 2.33. The topological polar surface area (TPSA) is 101 Å². The van der Waals surface area contributed by atoms with Gasteiger partial charge in [0.05, 0.1) is 12.8 Å². The smallest absolute Gasteiger partial charge is 0.341 e. The van der Waals surface area contributed by atoms with E-state index in [1.54, 1.807) is 6.07 Å². The number of carboxylic acid groups (broad SMARTS) is 1. The van der Waals surface area contributed by atoms with Crippen molar-refractivity contribution in [3.8, 4) is 17.0 Å². The number of hydrogen-bond acceptors (Lipinski definition) is 4. The molecule has 0 saturated heterocycles. The van der Waals surface area contributed by atoms with Gasteiger partial charge in [0.25, 0.3) is 0 Å². The Bertz CT molecular complexity index is 620. The monoisotopic (exact) mass is 261 g/mol. The fourth-order valence-corrected chi connectivity index (χ4v) is 1.94. The molecule has 0 radical (unpaired) electrons. The van der Waals surface area contributed by atoms with Crippen LogP contribution >= 0.6 is 0 Å². The Kier molecular flexibility index (Phi) is 3.41. The number of aryl methyl sites for hydroxylation is 1. The molecule has 0 aliphatic carbocycles. The molecule has 0 aliphatic heterocycles. The first-order valence-corrected chi connectivity index (χ1v) is 5.82. The molecule has 2 aromatic rings. The van der Waals surface area contributed by atoms with E-state index in [1.165, 1.54) is 7.11 Å². The van der Waals surface area contributed by atoms with E-state index < -0.39 is 5.97 Å². The Morgan fingerprint density at radius 1 is 1.53 bits per heavy atom. The minimum absolute atomic E-state index is 0.0356. The number of aromatic amines is 1. The van der Waals surface area contributed by atoms with Gasteiger partial charge in [0.2, 0.25) is 0 Å². The predicted molar refractivity (Wildman–Crippen MR) is 71.3 cm³/mol. The lowest BCUT2D eigenvalue weighted by atomic mass is 10.0. The number of hydrogen-bond donors (Lipinski definition) is 3.